The number of rotatable bonds is 0. The topological polar surface area (TPSA) is 58.2 Å². The lowest BCUT2D eigenvalue weighted by Crippen LogP contribution is -2.52. The number of allylic oxidation sites excluding steroid dienone is 1. The van der Waals surface area contributed by atoms with Crippen LogP contribution in [0.2, 0.25) is 10.0 Å². The zero-order valence-electron chi connectivity index (χ0n) is 12.0. The van der Waals surface area contributed by atoms with Crippen LogP contribution >= 0.6 is 39.1 Å². The third-order valence-electron chi connectivity index (χ3n) is 5.35. The van der Waals surface area contributed by atoms with Crippen molar-refractivity contribution < 1.29 is 9.59 Å². The van der Waals surface area contributed by atoms with E-state index in [0.717, 1.165) is 28.5 Å². The average molecular weight is 416 g/mol. The van der Waals surface area contributed by atoms with Gasteiger partial charge in [0.05, 0.1) is 10.0 Å². The normalized spacial score (nSPS) is 32.0. The molecule has 0 bridgehead atoms. The molecule has 3 aliphatic rings. The highest BCUT2D eigenvalue weighted by Gasteiger charge is 2.54. The Morgan fingerprint density at radius 1 is 1.09 bits per heavy atom. The maximum absolute atomic E-state index is 12.1. The van der Waals surface area contributed by atoms with Crippen LogP contribution in [0.1, 0.15) is 36.8 Å². The lowest BCUT2D eigenvalue weighted by molar-refractivity contribution is -0.125. The molecule has 0 unspecified atom stereocenters. The minimum atomic E-state index is -0.769. The second kappa shape index (κ2) is 4.98. The molecule has 2 spiro atoms. The quantitative estimate of drug-likeness (QED) is 0.625. The van der Waals surface area contributed by atoms with E-state index in [4.69, 9.17) is 23.2 Å². The van der Waals surface area contributed by atoms with Gasteiger partial charge in [-0.2, -0.15) is 0 Å². The van der Waals surface area contributed by atoms with E-state index in [0.29, 0.717) is 22.9 Å². The molecular formula is C16H13BrCl2N2O2. The fraction of sp³-hybridized carbons (Fsp3) is 0.375. The lowest BCUT2D eigenvalue weighted by atomic mass is 9.65. The number of amides is 3. The summed E-state index contributed by atoms with van der Waals surface area (Å²) < 4.78 is 1.06. The first-order valence-corrected chi connectivity index (χ1v) is 8.93. The molecule has 0 atom stereocenters. The Morgan fingerprint density at radius 2 is 1.78 bits per heavy atom. The standard InChI is InChI=1S/C16H13BrCl2N2O2/c17-11-7-8-9(1-2-10(18)12(8)19)15(11)3-5-16(6-4-15)13(22)20-14(23)21-16/h1-2,7H,3-6H2,(H2,20,21,22,23). The van der Waals surface area contributed by atoms with Crippen molar-refractivity contribution in [3.05, 3.63) is 37.8 Å². The van der Waals surface area contributed by atoms with Gasteiger partial charge in [-0.15, -0.1) is 0 Å². The van der Waals surface area contributed by atoms with Crippen LogP contribution in [0.5, 0.6) is 0 Å². The van der Waals surface area contributed by atoms with Crippen molar-refractivity contribution >= 4 is 57.1 Å². The largest absolute Gasteiger partial charge is 0.323 e. The molecule has 4 nitrogen and oxygen atoms in total. The smallest absolute Gasteiger partial charge is 0.322 e. The third kappa shape index (κ3) is 2.03. The van der Waals surface area contributed by atoms with E-state index in [2.05, 4.69) is 26.6 Å². The molecule has 0 radical (unpaired) electrons. The summed E-state index contributed by atoms with van der Waals surface area (Å²) in [5.41, 5.74) is 1.12. The molecule has 23 heavy (non-hydrogen) atoms. The second-order valence-electron chi connectivity index (χ2n) is 6.39. The number of carbonyl (C=O) groups is 2. The van der Waals surface area contributed by atoms with E-state index >= 15 is 0 Å². The minimum Gasteiger partial charge on any atom is -0.323 e. The molecule has 120 valence electrons. The molecule has 0 aromatic heterocycles. The van der Waals surface area contributed by atoms with Crippen molar-refractivity contribution in [1.29, 1.82) is 0 Å². The van der Waals surface area contributed by atoms with Crippen molar-refractivity contribution in [2.24, 2.45) is 0 Å². The van der Waals surface area contributed by atoms with Gasteiger partial charge in [0.1, 0.15) is 5.54 Å². The maximum atomic E-state index is 12.1. The van der Waals surface area contributed by atoms with Gasteiger partial charge in [-0.3, -0.25) is 10.1 Å². The average Bonchev–Trinajstić information content (AvgIpc) is 2.94. The van der Waals surface area contributed by atoms with Crippen LogP contribution in [0.15, 0.2) is 16.6 Å². The number of halogens is 3. The molecular weight excluding hydrogens is 403 g/mol. The van der Waals surface area contributed by atoms with Crippen LogP contribution in [-0.4, -0.2) is 17.5 Å². The van der Waals surface area contributed by atoms with Crippen molar-refractivity contribution in [3.63, 3.8) is 0 Å². The molecule has 2 fully saturated rings. The van der Waals surface area contributed by atoms with Crippen molar-refractivity contribution in [1.82, 2.24) is 10.6 Å². The van der Waals surface area contributed by atoms with Crippen molar-refractivity contribution in [2.75, 3.05) is 0 Å². The highest BCUT2D eigenvalue weighted by molar-refractivity contribution is 9.11. The predicted molar refractivity (Wildman–Crippen MR) is 92.9 cm³/mol. The summed E-state index contributed by atoms with van der Waals surface area (Å²) in [5, 5.41) is 6.25. The van der Waals surface area contributed by atoms with Crippen LogP contribution in [0.4, 0.5) is 4.79 Å². The number of carbonyl (C=O) groups excluding carboxylic acids is 2. The Morgan fingerprint density at radius 3 is 2.39 bits per heavy atom. The Kier molecular flexibility index (Phi) is 3.35. The van der Waals surface area contributed by atoms with Crippen molar-refractivity contribution in [3.8, 4) is 0 Å². The number of imide groups is 1. The van der Waals surface area contributed by atoms with E-state index in [-0.39, 0.29) is 11.3 Å². The molecule has 1 aromatic carbocycles. The molecule has 1 saturated heterocycles. The van der Waals surface area contributed by atoms with Gasteiger partial charge in [-0.25, -0.2) is 4.79 Å². The monoisotopic (exact) mass is 414 g/mol. The van der Waals surface area contributed by atoms with E-state index in [1.54, 1.807) is 0 Å². The van der Waals surface area contributed by atoms with Gasteiger partial charge in [-0.1, -0.05) is 45.2 Å². The Hall–Kier alpha value is -1.04. The summed E-state index contributed by atoms with van der Waals surface area (Å²) in [7, 11) is 0. The molecule has 3 amide bonds. The summed E-state index contributed by atoms with van der Waals surface area (Å²) in [4.78, 5) is 23.6. The van der Waals surface area contributed by atoms with Gasteiger partial charge in [0.15, 0.2) is 0 Å². The number of hydrogen-bond acceptors (Lipinski definition) is 2. The van der Waals surface area contributed by atoms with Gasteiger partial charge in [-0.05, 0) is 49.0 Å². The molecule has 1 aliphatic heterocycles. The number of benzene rings is 1. The van der Waals surface area contributed by atoms with Gasteiger partial charge in [0.25, 0.3) is 5.91 Å². The number of hydrogen-bond donors (Lipinski definition) is 2. The Bertz CT molecular complexity index is 783. The molecule has 7 heteroatoms. The summed E-state index contributed by atoms with van der Waals surface area (Å²) in [6, 6.07) is 3.43. The molecule has 2 N–H and O–H groups in total. The third-order valence-corrected chi connectivity index (χ3v) is 7.15. The van der Waals surface area contributed by atoms with Gasteiger partial charge < -0.3 is 5.32 Å². The summed E-state index contributed by atoms with van der Waals surface area (Å²) in [6.45, 7) is 0. The summed E-state index contributed by atoms with van der Waals surface area (Å²) >= 11 is 16.2. The van der Waals surface area contributed by atoms with Crippen LogP contribution in [0, 0.1) is 0 Å². The minimum absolute atomic E-state index is 0.192. The predicted octanol–water partition coefficient (Wildman–Crippen LogP) is 4.13. The Balaban J connectivity index is 1.71. The fourth-order valence-corrected chi connectivity index (χ4v) is 5.23. The number of fused-ring (bicyclic) bond motifs is 2. The van der Waals surface area contributed by atoms with E-state index in [9.17, 15) is 9.59 Å². The first-order chi connectivity index (χ1) is 10.9. The zero-order valence-corrected chi connectivity index (χ0v) is 15.1. The van der Waals surface area contributed by atoms with Gasteiger partial charge in [0.2, 0.25) is 0 Å². The molecule has 4 rings (SSSR count). The first kappa shape index (κ1) is 15.5. The first-order valence-electron chi connectivity index (χ1n) is 7.38. The maximum Gasteiger partial charge on any atom is 0.322 e. The molecule has 1 saturated carbocycles. The second-order valence-corrected chi connectivity index (χ2v) is 8.03. The van der Waals surface area contributed by atoms with Crippen LogP contribution < -0.4 is 10.6 Å². The van der Waals surface area contributed by atoms with Gasteiger partial charge >= 0.3 is 6.03 Å². The van der Waals surface area contributed by atoms with Crippen LogP contribution in [-0.2, 0) is 10.2 Å². The highest BCUT2D eigenvalue weighted by atomic mass is 79.9. The van der Waals surface area contributed by atoms with E-state index in [1.165, 1.54) is 0 Å². The summed E-state index contributed by atoms with van der Waals surface area (Å²) in [6.07, 6.45) is 4.71. The van der Waals surface area contributed by atoms with E-state index < -0.39 is 11.6 Å². The van der Waals surface area contributed by atoms with Crippen LogP contribution in [0.25, 0.3) is 6.08 Å². The molecule has 1 aromatic rings. The lowest BCUT2D eigenvalue weighted by Gasteiger charge is -2.42. The number of urea groups is 1. The van der Waals surface area contributed by atoms with Crippen molar-refractivity contribution in [2.45, 2.75) is 36.6 Å². The van der Waals surface area contributed by atoms with E-state index in [1.807, 2.05) is 18.2 Å². The van der Waals surface area contributed by atoms with Crippen LogP contribution in [0.3, 0.4) is 0 Å². The van der Waals surface area contributed by atoms with Gasteiger partial charge in [0, 0.05) is 9.90 Å². The molecule has 1 heterocycles. The summed E-state index contributed by atoms with van der Waals surface area (Å²) in [5.74, 6) is -0.218. The zero-order chi connectivity index (χ0) is 16.4. The SMILES string of the molecule is O=C1NC(=O)C2(CCC3(CC2)C(Br)=Cc2c3ccc(Cl)c2Cl)N1. The fourth-order valence-electron chi connectivity index (χ4n) is 4.01. The molecule has 2 aliphatic carbocycles. The number of nitrogens with one attached hydrogen (secondary N) is 2. The Labute approximate surface area is 151 Å². The highest BCUT2D eigenvalue weighted by Crippen LogP contribution is 2.56.